The molecule has 0 bridgehead atoms. The second kappa shape index (κ2) is 11.8. The maximum atomic E-state index is 16.6. The first-order valence-electron chi connectivity index (χ1n) is 13.9. The van der Waals surface area contributed by atoms with Gasteiger partial charge < -0.3 is 19.4 Å². The van der Waals surface area contributed by atoms with E-state index in [0.29, 0.717) is 43.0 Å². The zero-order chi connectivity index (χ0) is 29.4. The third-order valence-corrected chi connectivity index (χ3v) is 9.50. The molecule has 2 fully saturated rings. The Kier molecular flexibility index (Phi) is 7.99. The van der Waals surface area contributed by atoms with Crippen LogP contribution in [0.1, 0.15) is 19.3 Å². The van der Waals surface area contributed by atoms with Crippen molar-refractivity contribution in [3.63, 3.8) is 0 Å². The lowest BCUT2D eigenvalue weighted by molar-refractivity contribution is -0.128. The van der Waals surface area contributed by atoms with Crippen molar-refractivity contribution in [2.24, 2.45) is 0 Å². The van der Waals surface area contributed by atoms with Crippen molar-refractivity contribution in [2.75, 3.05) is 44.7 Å². The number of carbonyl (C=O) groups is 1. The number of nitriles is 1. The molecule has 11 heteroatoms. The standard InChI is InChI=1S/C31H30ClFN6O2S/c1-3-25(40)39-14-13-38(17-20(39)9-11-34)30-23-16-24(32)26(22-8-4-6-19-10-15-42-29(19)22)27(33)28(23)35-31(36-30)41-18-21-7-5-12-37(21)2/h3-4,6,8,10,15-16,20-21H,1,5,7,9,12-14,17-18H2,2H3/t20-,21-/m0/s1. The molecule has 0 unspecified atom stereocenters. The number of thiophene rings is 1. The van der Waals surface area contributed by atoms with Crippen LogP contribution >= 0.6 is 22.9 Å². The summed E-state index contributed by atoms with van der Waals surface area (Å²) in [6.07, 6.45) is 3.50. The Morgan fingerprint density at radius 2 is 2.14 bits per heavy atom. The second-order valence-electron chi connectivity index (χ2n) is 10.7. The quantitative estimate of drug-likeness (QED) is 0.243. The Hall–Kier alpha value is -3.78. The van der Waals surface area contributed by atoms with E-state index in [0.717, 1.165) is 29.5 Å². The number of hydrogen-bond acceptors (Lipinski definition) is 8. The fourth-order valence-electron chi connectivity index (χ4n) is 6.00. The fraction of sp³-hybridized carbons (Fsp3) is 0.355. The lowest BCUT2D eigenvalue weighted by atomic mass is 10.0. The van der Waals surface area contributed by atoms with E-state index in [1.54, 1.807) is 11.0 Å². The number of rotatable bonds is 7. The third-order valence-electron chi connectivity index (χ3n) is 8.23. The Morgan fingerprint density at radius 1 is 1.29 bits per heavy atom. The van der Waals surface area contributed by atoms with Crippen molar-refractivity contribution >= 4 is 55.7 Å². The first-order chi connectivity index (χ1) is 20.4. The molecule has 6 rings (SSSR count). The van der Waals surface area contributed by atoms with Crippen LogP contribution in [0.15, 0.2) is 48.4 Å². The molecule has 1 amide bonds. The molecule has 0 aliphatic carbocycles. The summed E-state index contributed by atoms with van der Waals surface area (Å²) in [5.41, 5.74) is 1.10. The summed E-state index contributed by atoms with van der Waals surface area (Å²) >= 11 is 8.36. The summed E-state index contributed by atoms with van der Waals surface area (Å²) < 4.78 is 23.7. The lowest BCUT2D eigenvalue weighted by Crippen LogP contribution is -2.55. The number of benzene rings is 2. The first-order valence-corrected chi connectivity index (χ1v) is 15.2. The van der Waals surface area contributed by atoms with E-state index >= 15 is 4.39 Å². The monoisotopic (exact) mass is 604 g/mol. The Labute approximate surface area is 252 Å². The van der Waals surface area contributed by atoms with Gasteiger partial charge in [-0.2, -0.15) is 15.2 Å². The van der Waals surface area contributed by atoms with Gasteiger partial charge in [0.2, 0.25) is 5.91 Å². The molecule has 0 radical (unpaired) electrons. The van der Waals surface area contributed by atoms with E-state index in [1.165, 1.54) is 17.4 Å². The summed E-state index contributed by atoms with van der Waals surface area (Å²) in [4.78, 5) is 27.7. The lowest BCUT2D eigenvalue weighted by Gasteiger charge is -2.41. The van der Waals surface area contributed by atoms with Crippen molar-refractivity contribution in [3.8, 4) is 23.2 Å². The van der Waals surface area contributed by atoms with Crippen molar-refractivity contribution in [1.29, 1.82) is 5.26 Å². The molecule has 2 aliphatic rings. The van der Waals surface area contributed by atoms with E-state index < -0.39 is 5.82 Å². The number of nitrogens with zero attached hydrogens (tertiary/aromatic N) is 6. The van der Waals surface area contributed by atoms with Gasteiger partial charge in [-0.3, -0.25) is 4.79 Å². The average molecular weight is 605 g/mol. The molecule has 2 aromatic heterocycles. The number of likely N-dealkylation sites (tertiary alicyclic amines) is 1. The van der Waals surface area contributed by atoms with E-state index in [-0.39, 0.29) is 46.5 Å². The summed E-state index contributed by atoms with van der Waals surface area (Å²) in [7, 11) is 2.06. The smallest absolute Gasteiger partial charge is 0.319 e. The normalized spacial score (nSPS) is 19.4. The predicted octanol–water partition coefficient (Wildman–Crippen LogP) is 5.89. The van der Waals surface area contributed by atoms with Crippen LogP contribution in [0.25, 0.3) is 32.1 Å². The number of anilines is 1. The zero-order valence-corrected chi connectivity index (χ0v) is 24.8. The van der Waals surface area contributed by atoms with Gasteiger partial charge in [0.1, 0.15) is 17.9 Å². The highest BCUT2D eigenvalue weighted by Gasteiger charge is 2.32. The maximum Gasteiger partial charge on any atom is 0.319 e. The van der Waals surface area contributed by atoms with Crippen molar-refractivity contribution in [2.45, 2.75) is 31.3 Å². The highest BCUT2D eigenvalue weighted by molar-refractivity contribution is 7.17. The molecule has 4 aromatic rings. The minimum absolute atomic E-state index is 0.0840. The number of piperazine rings is 1. The Balaban J connectivity index is 1.47. The summed E-state index contributed by atoms with van der Waals surface area (Å²) in [6, 6.07) is 11.6. The van der Waals surface area contributed by atoms with Crippen LogP contribution < -0.4 is 9.64 Å². The second-order valence-corrected chi connectivity index (χ2v) is 12.0. The molecule has 2 atom stereocenters. The van der Waals surface area contributed by atoms with Crippen LogP contribution in [0.2, 0.25) is 5.02 Å². The van der Waals surface area contributed by atoms with E-state index in [2.05, 4.69) is 29.6 Å². The largest absolute Gasteiger partial charge is 0.462 e. The SMILES string of the molecule is C=CC(=O)N1CCN(c2nc(OC[C@@H]3CCCN3C)nc3c(F)c(-c4cccc5ccsc45)c(Cl)cc23)C[C@@H]1CC#N. The minimum Gasteiger partial charge on any atom is -0.462 e. The van der Waals surface area contributed by atoms with Crippen LogP contribution in [0, 0.1) is 17.1 Å². The number of ether oxygens (including phenoxy) is 1. The van der Waals surface area contributed by atoms with E-state index in [1.807, 2.05) is 34.5 Å². The Bertz CT molecular complexity index is 1720. The van der Waals surface area contributed by atoms with Gasteiger partial charge >= 0.3 is 6.01 Å². The fourth-order valence-corrected chi connectivity index (χ4v) is 7.21. The molecular formula is C31H30ClFN6O2S. The van der Waals surface area contributed by atoms with Crippen molar-refractivity contribution in [3.05, 3.63) is 59.2 Å². The number of carbonyl (C=O) groups excluding carboxylic acids is 1. The molecule has 42 heavy (non-hydrogen) atoms. The van der Waals surface area contributed by atoms with Crippen LogP contribution in [0.3, 0.4) is 0 Å². The van der Waals surface area contributed by atoms with Gasteiger partial charge in [-0.25, -0.2) is 4.39 Å². The number of hydrogen-bond donors (Lipinski definition) is 0. The van der Waals surface area contributed by atoms with Gasteiger partial charge in [0.15, 0.2) is 5.82 Å². The van der Waals surface area contributed by atoms with Crippen molar-refractivity contribution < 1.29 is 13.9 Å². The third kappa shape index (κ3) is 5.17. The van der Waals surface area contributed by atoms with Crippen molar-refractivity contribution in [1.82, 2.24) is 19.8 Å². The maximum absolute atomic E-state index is 16.6. The van der Waals surface area contributed by atoms with Gasteiger partial charge in [-0.15, -0.1) is 11.3 Å². The van der Waals surface area contributed by atoms with Gasteiger partial charge in [-0.05, 0) is 55.4 Å². The number of fused-ring (bicyclic) bond motifs is 2. The molecule has 0 saturated carbocycles. The first kappa shape index (κ1) is 28.3. The molecule has 0 spiro atoms. The van der Waals surface area contributed by atoms with E-state index in [9.17, 15) is 10.1 Å². The molecule has 216 valence electrons. The number of likely N-dealkylation sites (N-methyl/N-ethyl adjacent to an activating group) is 1. The highest BCUT2D eigenvalue weighted by Crippen LogP contribution is 2.42. The van der Waals surface area contributed by atoms with E-state index in [4.69, 9.17) is 21.3 Å². The summed E-state index contributed by atoms with van der Waals surface area (Å²) in [5, 5.41) is 13.2. The molecular weight excluding hydrogens is 575 g/mol. The van der Waals surface area contributed by atoms with Gasteiger partial charge in [-0.1, -0.05) is 36.4 Å². The molecule has 2 aromatic carbocycles. The van der Waals surface area contributed by atoms with Gasteiger partial charge in [0.25, 0.3) is 0 Å². The number of aromatic nitrogens is 2. The topological polar surface area (TPSA) is 85.6 Å². The number of amides is 1. The zero-order valence-electron chi connectivity index (χ0n) is 23.2. The predicted molar refractivity (Wildman–Crippen MR) is 165 cm³/mol. The summed E-state index contributed by atoms with van der Waals surface area (Å²) in [6.45, 7) is 6.10. The van der Waals surface area contributed by atoms with Gasteiger partial charge in [0, 0.05) is 46.9 Å². The molecule has 2 saturated heterocycles. The Morgan fingerprint density at radius 3 is 2.90 bits per heavy atom. The van der Waals surface area contributed by atoms with Crippen LogP contribution in [0.4, 0.5) is 10.2 Å². The highest BCUT2D eigenvalue weighted by atomic mass is 35.5. The molecule has 2 aliphatic heterocycles. The van der Waals surface area contributed by atoms with Crippen LogP contribution in [-0.4, -0.2) is 77.6 Å². The molecule has 4 heterocycles. The summed E-state index contributed by atoms with van der Waals surface area (Å²) in [5.74, 6) is -0.308. The number of halogens is 2. The average Bonchev–Trinajstić information content (AvgIpc) is 3.65. The minimum atomic E-state index is -0.543. The van der Waals surface area contributed by atoms with Gasteiger partial charge in [0.05, 0.1) is 23.6 Å². The van der Waals surface area contributed by atoms with Crippen LogP contribution in [-0.2, 0) is 4.79 Å². The molecule has 8 nitrogen and oxygen atoms in total. The van der Waals surface area contributed by atoms with Crippen LogP contribution in [0.5, 0.6) is 6.01 Å². The molecule has 0 N–H and O–H groups in total.